The van der Waals surface area contributed by atoms with E-state index in [-0.39, 0.29) is 16.4 Å². The van der Waals surface area contributed by atoms with Gasteiger partial charge in [0.25, 0.3) is 0 Å². The van der Waals surface area contributed by atoms with Crippen molar-refractivity contribution in [2.45, 2.75) is 33.3 Å². The number of hydrogen-bond donors (Lipinski definition) is 0. The molecule has 0 aliphatic carbocycles. The summed E-state index contributed by atoms with van der Waals surface area (Å²) in [5.41, 5.74) is 0. The van der Waals surface area contributed by atoms with Gasteiger partial charge in [0.15, 0.2) is 16.1 Å². The lowest BCUT2D eigenvalue weighted by Crippen LogP contribution is -2.15. The first-order valence-electron chi connectivity index (χ1n) is 4.84. The third-order valence-corrected chi connectivity index (χ3v) is 2.26. The van der Waals surface area contributed by atoms with Crippen LogP contribution in [0.3, 0.4) is 0 Å². The first-order valence-corrected chi connectivity index (χ1v) is 5.60. The standard InChI is InChI=1S/C10H14Cl2N2O/c1-6(2)4-7(3)15-8-5-9(11)13-14-10(8)12/h5-7H,4H2,1-3H3. The molecule has 3 nitrogen and oxygen atoms in total. The van der Waals surface area contributed by atoms with Crippen LogP contribution in [0.15, 0.2) is 6.07 Å². The summed E-state index contributed by atoms with van der Waals surface area (Å²) in [7, 11) is 0. The Bertz CT molecular complexity index is 331. The molecule has 0 aromatic carbocycles. The lowest BCUT2D eigenvalue weighted by molar-refractivity contribution is 0.192. The molecule has 0 saturated carbocycles. The van der Waals surface area contributed by atoms with Crippen LogP contribution in [0, 0.1) is 5.92 Å². The Morgan fingerprint density at radius 1 is 1.27 bits per heavy atom. The van der Waals surface area contributed by atoms with Crippen molar-refractivity contribution in [3.05, 3.63) is 16.4 Å². The summed E-state index contributed by atoms with van der Waals surface area (Å²) >= 11 is 11.5. The maximum absolute atomic E-state index is 5.82. The van der Waals surface area contributed by atoms with Crippen molar-refractivity contribution in [3.63, 3.8) is 0 Å². The summed E-state index contributed by atoms with van der Waals surface area (Å²) < 4.78 is 5.62. The average Bonchev–Trinajstić information content (AvgIpc) is 2.10. The van der Waals surface area contributed by atoms with E-state index in [1.165, 1.54) is 0 Å². The van der Waals surface area contributed by atoms with Gasteiger partial charge in [0, 0.05) is 6.07 Å². The van der Waals surface area contributed by atoms with Gasteiger partial charge in [-0.15, -0.1) is 10.2 Å². The van der Waals surface area contributed by atoms with Crippen molar-refractivity contribution in [3.8, 4) is 5.75 Å². The van der Waals surface area contributed by atoms with Gasteiger partial charge in [-0.05, 0) is 19.3 Å². The predicted molar refractivity (Wildman–Crippen MR) is 61.6 cm³/mol. The molecule has 5 heteroatoms. The Labute approximate surface area is 99.7 Å². The minimum atomic E-state index is 0.0859. The maximum atomic E-state index is 5.82. The molecule has 1 unspecified atom stereocenters. The third-order valence-electron chi connectivity index (χ3n) is 1.82. The molecule has 1 atom stereocenters. The molecule has 0 bridgehead atoms. The molecular weight excluding hydrogens is 235 g/mol. The maximum Gasteiger partial charge on any atom is 0.193 e. The summed E-state index contributed by atoms with van der Waals surface area (Å²) in [6, 6.07) is 1.58. The van der Waals surface area contributed by atoms with Gasteiger partial charge in [-0.25, -0.2) is 0 Å². The third kappa shape index (κ3) is 4.22. The molecule has 0 fully saturated rings. The Kier molecular flexibility index (Phi) is 4.61. The summed E-state index contributed by atoms with van der Waals surface area (Å²) in [4.78, 5) is 0. The highest BCUT2D eigenvalue weighted by atomic mass is 35.5. The van der Waals surface area contributed by atoms with Crippen LogP contribution in [0.1, 0.15) is 27.2 Å². The predicted octanol–water partition coefficient (Wildman–Crippen LogP) is 3.60. The smallest absolute Gasteiger partial charge is 0.193 e. The van der Waals surface area contributed by atoms with Gasteiger partial charge in [0.05, 0.1) is 6.10 Å². The number of nitrogens with zero attached hydrogens (tertiary/aromatic N) is 2. The van der Waals surface area contributed by atoms with E-state index in [0.717, 1.165) is 6.42 Å². The van der Waals surface area contributed by atoms with E-state index in [1.807, 2.05) is 6.92 Å². The average molecular weight is 249 g/mol. The van der Waals surface area contributed by atoms with Gasteiger partial charge < -0.3 is 4.74 Å². The summed E-state index contributed by atoms with van der Waals surface area (Å²) in [6.45, 7) is 6.27. The zero-order chi connectivity index (χ0) is 11.4. The van der Waals surface area contributed by atoms with Crippen LogP contribution in [0.5, 0.6) is 5.75 Å². The molecule has 0 aliphatic rings. The van der Waals surface area contributed by atoms with E-state index in [1.54, 1.807) is 6.07 Å². The normalized spacial score (nSPS) is 12.9. The fourth-order valence-corrected chi connectivity index (χ4v) is 1.62. The molecule has 1 aromatic heterocycles. The van der Waals surface area contributed by atoms with E-state index in [2.05, 4.69) is 24.0 Å². The Morgan fingerprint density at radius 2 is 1.93 bits per heavy atom. The molecule has 0 N–H and O–H groups in total. The number of hydrogen-bond acceptors (Lipinski definition) is 3. The molecule has 1 rings (SSSR count). The van der Waals surface area contributed by atoms with Crippen LogP contribution >= 0.6 is 23.2 Å². The molecule has 15 heavy (non-hydrogen) atoms. The van der Waals surface area contributed by atoms with Gasteiger partial charge in [0.2, 0.25) is 0 Å². The zero-order valence-electron chi connectivity index (χ0n) is 9.00. The fourth-order valence-electron chi connectivity index (χ4n) is 1.35. The van der Waals surface area contributed by atoms with Crippen molar-refractivity contribution in [2.24, 2.45) is 5.92 Å². The fraction of sp³-hybridized carbons (Fsp3) is 0.600. The van der Waals surface area contributed by atoms with E-state index in [0.29, 0.717) is 11.7 Å². The highest BCUT2D eigenvalue weighted by Gasteiger charge is 2.11. The number of ether oxygens (including phenoxy) is 1. The van der Waals surface area contributed by atoms with Gasteiger partial charge in [-0.1, -0.05) is 37.0 Å². The van der Waals surface area contributed by atoms with Crippen LogP contribution in [0.25, 0.3) is 0 Å². The molecule has 84 valence electrons. The summed E-state index contributed by atoms with van der Waals surface area (Å²) in [5, 5.41) is 7.81. The molecule has 0 spiro atoms. The zero-order valence-corrected chi connectivity index (χ0v) is 10.5. The van der Waals surface area contributed by atoms with E-state index in [4.69, 9.17) is 27.9 Å². The SMILES string of the molecule is CC(C)CC(C)Oc1cc(Cl)nnc1Cl. The van der Waals surface area contributed by atoms with Crippen molar-refractivity contribution in [2.75, 3.05) is 0 Å². The Hall–Kier alpha value is -0.540. The molecule has 0 radical (unpaired) electrons. The monoisotopic (exact) mass is 248 g/mol. The van der Waals surface area contributed by atoms with Gasteiger partial charge >= 0.3 is 0 Å². The number of halogens is 2. The van der Waals surface area contributed by atoms with E-state index >= 15 is 0 Å². The quantitative estimate of drug-likeness (QED) is 0.817. The minimum absolute atomic E-state index is 0.0859. The van der Waals surface area contributed by atoms with Gasteiger partial charge in [-0.3, -0.25) is 0 Å². The van der Waals surface area contributed by atoms with E-state index in [9.17, 15) is 0 Å². The first-order chi connectivity index (χ1) is 6.99. The van der Waals surface area contributed by atoms with Crippen molar-refractivity contribution in [1.29, 1.82) is 0 Å². The molecule has 1 heterocycles. The topological polar surface area (TPSA) is 35.0 Å². The minimum Gasteiger partial charge on any atom is -0.487 e. The molecule has 0 saturated heterocycles. The van der Waals surface area contributed by atoms with E-state index < -0.39 is 0 Å². The second-order valence-corrected chi connectivity index (χ2v) is 4.63. The lowest BCUT2D eigenvalue weighted by Gasteiger charge is -2.16. The van der Waals surface area contributed by atoms with Crippen LogP contribution in [0.4, 0.5) is 0 Å². The van der Waals surface area contributed by atoms with Crippen molar-refractivity contribution < 1.29 is 4.74 Å². The van der Waals surface area contributed by atoms with Gasteiger partial charge in [-0.2, -0.15) is 0 Å². The molecule has 0 aliphatic heterocycles. The van der Waals surface area contributed by atoms with Gasteiger partial charge in [0.1, 0.15) is 0 Å². The van der Waals surface area contributed by atoms with Crippen LogP contribution in [-0.2, 0) is 0 Å². The summed E-state index contributed by atoms with van der Waals surface area (Å²) in [5.74, 6) is 1.06. The highest BCUT2D eigenvalue weighted by Crippen LogP contribution is 2.25. The second kappa shape index (κ2) is 5.52. The number of rotatable bonds is 4. The van der Waals surface area contributed by atoms with Crippen molar-refractivity contribution in [1.82, 2.24) is 10.2 Å². The van der Waals surface area contributed by atoms with Crippen LogP contribution < -0.4 is 4.74 Å². The molecule has 0 amide bonds. The van der Waals surface area contributed by atoms with Crippen LogP contribution in [-0.4, -0.2) is 16.3 Å². The molecular formula is C10H14Cl2N2O. The Morgan fingerprint density at radius 3 is 2.53 bits per heavy atom. The van der Waals surface area contributed by atoms with Crippen molar-refractivity contribution >= 4 is 23.2 Å². The largest absolute Gasteiger partial charge is 0.487 e. The second-order valence-electron chi connectivity index (χ2n) is 3.88. The van der Waals surface area contributed by atoms with Crippen LogP contribution in [0.2, 0.25) is 10.3 Å². The number of aromatic nitrogens is 2. The lowest BCUT2D eigenvalue weighted by atomic mass is 10.1. The Balaban J connectivity index is 2.67. The highest BCUT2D eigenvalue weighted by molar-refractivity contribution is 6.32. The molecule has 1 aromatic rings. The first kappa shape index (κ1) is 12.5. The summed E-state index contributed by atoms with van der Waals surface area (Å²) in [6.07, 6.45) is 1.04.